The van der Waals surface area contributed by atoms with Gasteiger partial charge in [-0.3, -0.25) is 15.0 Å². The SMILES string of the molecule is O=C1NC(=O)/C(=C/c2cnn3ccc(Nc4cccc(OCCN5CCOCC5)c4)nc23)N1. The third-order valence-electron chi connectivity index (χ3n) is 5.30. The van der Waals surface area contributed by atoms with Crippen LogP contribution in [0.2, 0.25) is 0 Å². The summed E-state index contributed by atoms with van der Waals surface area (Å²) in [6, 6.07) is 8.93. The van der Waals surface area contributed by atoms with Gasteiger partial charge in [0, 0.05) is 43.1 Å². The number of carbonyl (C=O) groups is 2. The molecule has 33 heavy (non-hydrogen) atoms. The zero-order valence-corrected chi connectivity index (χ0v) is 17.8. The van der Waals surface area contributed by atoms with Gasteiger partial charge >= 0.3 is 6.03 Å². The van der Waals surface area contributed by atoms with Crippen LogP contribution in [-0.4, -0.2) is 70.9 Å². The third kappa shape index (κ3) is 4.94. The highest BCUT2D eigenvalue weighted by molar-refractivity contribution is 6.14. The number of rotatable bonds is 7. The summed E-state index contributed by atoms with van der Waals surface area (Å²) in [5.41, 5.74) is 2.13. The van der Waals surface area contributed by atoms with E-state index in [1.807, 2.05) is 24.3 Å². The Bertz CT molecular complexity index is 1220. The van der Waals surface area contributed by atoms with Gasteiger partial charge in [0.15, 0.2) is 5.65 Å². The van der Waals surface area contributed by atoms with Crippen molar-refractivity contribution in [2.24, 2.45) is 0 Å². The van der Waals surface area contributed by atoms with Gasteiger partial charge in [-0.15, -0.1) is 0 Å². The van der Waals surface area contributed by atoms with Crippen molar-refractivity contribution in [3.63, 3.8) is 0 Å². The van der Waals surface area contributed by atoms with Crippen molar-refractivity contribution >= 4 is 35.2 Å². The van der Waals surface area contributed by atoms with Crippen molar-refractivity contribution in [1.29, 1.82) is 0 Å². The molecule has 0 radical (unpaired) electrons. The number of ether oxygens (including phenoxy) is 2. The Hall–Kier alpha value is -3.96. The van der Waals surface area contributed by atoms with Gasteiger partial charge < -0.3 is 20.1 Å². The van der Waals surface area contributed by atoms with Crippen LogP contribution in [0.4, 0.5) is 16.3 Å². The quantitative estimate of drug-likeness (QED) is 0.365. The number of hydrogen-bond donors (Lipinski definition) is 3. The molecule has 1 aromatic carbocycles. The highest BCUT2D eigenvalue weighted by Crippen LogP contribution is 2.22. The van der Waals surface area contributed by atoms with E-state index in [-0.39, 0.29) is 5.70 Å². The number of aromatic nitrogens is 3. The molecule has 11 nitrogen and oxygen atoms in total. The number of amides is 3. The van der Waals surface area contributed by atoms with Crippen LogP contribution in [0.3, 0.4) is 0 Å². The lowest BCUT2D eigenvalue weighted by Gasteiger charge is -2.26. The first-order valence-corrected chi connectivity index (χ1v) is 10.6. The molecule has 170 valence electrons. The molecule has 3 N–H and O–H groups in total. The van der Waals surface area contributed by atoms with Crippen LogP contribution in [0.5, 0.6) is 5.75 Å². The second-order valence-electron chi connectivity index (χ2n) is 7.60. The number of carbonyl (C=O) groups excluding carboxylic acids is 2. The summed E-state index contributed by atoms with van der Waals surface area (Å²) in [5, 5.41) is 12.2. The zero-order valence-electron chi connectivity index (χ0n) is 17.8. The summed E-state index contributed by atoms with van der Waals surface area (Å²) >= 11 is 0. The van der Waals surface area contributed by atoms with Gasteiger partial charge in [0.2, 0.25) is 0 Å². The van der Waals surface area contributed by atoms with E-state index in [4.69, 9.17) is 9.47 Å². The maximum atomic E-state index is 11.8. The van der Waals surface area contributed by atoms with Crippen molar-refractivity contribution in [2.45, 2.75) is 0 Å². The second-order valence-corrected chi connectivity index (χ2v) is 7.60. The minimum absolute atomic E-state index is 0.150. The van der Waals surface area contributed by atoms with Gasteiger partial charge in [-0.05, 0) is 24.3 Å². The molecule has 0 saturated carbocycles. The van der Waals surface area contributed by atoms with Gasteiger partial charge in [0.25, 0.3) is 5.91 Å². The van der Waals surface area contributed by atoms with Crippen molar-refractivity contribution < 1.29 is 19.1 Å². The van der Waals surface area contributed by atoms with Crippen LogP contribution >= 0.6 is 0 Å². The van der Waals surface area contributed by atoms with E-state index < -0.39 is 11.9 Å². The first kappa shape index (κ1) is 20.9. The minimum atomic E-state index is -0.551. The number of benzene rings is 1. The van der Waals surface area contributed by atoms with Crippen LogP contribution in [0.25, 0.3) is 11.7 Å². The fourth-order valence-corrected chi connectivity index (χ4v) is 3.62. The average molecular weight is 449 g/mol. The fourth-order valence-electron chi connectivity index (χ4n) is 3.62. The number of anilines is 2. The third-order valence-corrected chi connectivity index (χ3v) is 5.30. The molecule has 2 saturated heterocycles. The van der Waals surface area contributed by atoms with E-state index >= 15 is 0 Å². The van der Waals surface area contributed by atoms with E-state index in [9.17, 15) is 9.59 Å². The van der Waals surface area contributed by atoms with Crippen LogP contribution in [0.15, 0.2) is 48.4 Å². The molecule has 2 aliphatic rings. The Labute approximate surface area is 189 Å². The number of fused-ring (bicyclic) bond motifs is 1. The molecule has 0 unspecified atom stereocenters. The maximum Gasteiger partial charge on any atom is 0.326 e. The smallest absolute Gasteiger partial charge is 0.326 e. The molecular formula is C22H23N7O4. The molecule has 2 aromatic heterocycles. The number of morpholine rings is 1. The molecule has 0 atom stereocenters. The number of urea groups is 1. The van der Waals surface area contributed by atoms with Crippen LogP contribution < -0.4 is 20.7 Å². The molecule has 3 amide bonds. The van der Waals surface area contributed by atoms with E-state index in [1.165, 1.54) is 0 Å². The Morgan fingerprint density at radius 2 is 2.06 bits per heavy atom. The van der Waals surface area contributed by atoms with E-state index in [0.29, 0.717) is 23.6 Å². The van der Waals surface area contributed by atoms with Gasteiger partial charge in [0.1, 0.15) is 23.9 Å². The molecule has 4 heterocycles. The Morgan fingerprint density at radius 1 is 1.18 bits per heavy atom. The van der Waals surface area contributed by atoms with E-state index in [2.05, 4.69) is 30.9 Å². The van der Waals surface area contributed by atoms with Crippen molar-refractivity contribution in [2.75, 3.05) is 44.8 Å². The second kappa shape index (κ2) is 9.27. The summed E-state index contributed by atoms with van der Waals surface area (Å²) in [5.74, 6) is 0.888. The predicted molar refractivity (Wildman–Crippen MR) is 120 cm³/mol. The lowest BCUT2D eigenvalue weighted by molar-refractivity contribution is -0.115. The Kier molecular flexibility index (Phi) is 5.87. The summed E-state index contributed by atoms with van der Waals surface area (Å²) < 4.78 is 12.9. The summed E-state index contributed by atoms with van der Waals surface area (Å²) in [4.78, 5) is 30.1. The molecule has 0 aliphatic carbocycles. The molecular weight excluding hydrogens is 426 g/mol. The number of hydrogen-bond acceptors (Lipinski definition) is 8. The molecule has 0 spiro atoms. The Morgan fingerprint density at radius 3 is 2.88 bits per heavy atom. The van der Waals surface area contributed by atoms with Crippen molar-refractivity contribution in [3.05, 3.63) is 54.0 Å². The lowest BCUT2D eigenvalue weighted by atomic mass is 10.2. The summed E-state index contributed by atoms with van der Waals surface area (Å²) in [6.45, 7) is 4.87. The maximum absolute atomic E-state index is 11.8. The van der Waals surface area contributed by atoms with Gasteiger partial charge in [0.05, 0.1) is 19.4 Å². The molecule has 3 aromatic rings. The zero-order chi connectivity index (χ0) is 22.6. The van der Waals surface area contributed by atoms with Crippen LogP contribution in [0.1, 0.15) is 5.56 Å². The fraction of sp³-hybridized carbons (Fsp3) is 0.273. The standard InChI is InChI=1S/C22H23N7O4/c30-21-18(25-22(31)27-21)12-15-14-23-29-5-4-19(26-20(15)29)24-16-2-1-3-17(13-16)33-11-8-28-6-9-32-10-7-28/h1-5,12-14H,6-11H2,(H,24,26)(H2,25,27,30,31)/b18-12-. The summed E-state index contributed by atoms with van der Waals surface area (Å²) in [6.07, 6.45) is 4.89. The topological polar surface area (TPSA) is 122 Å². The lowest BCUT2D eigenvalue weighted by Crippen LogP contribution is -2.38. The summed E-state index contributed by atoms with van der Waals surface area (Å²) in [7, 11) is 0. The van der Waals surface area contributed by atoms with Crippen LogP contribution in [0, 0.1) is 0 Å². The van der Waals surface area contributed by atoms with E-state index in [0.717, 1.165) is 44.3 Å². The monoisotopic (exact) mass is 449 g/mol. The van der Waals surface area contributed by atoms with Gasteiger partial charge in [-0.1, -0.05) is 6.07 Å². The molecule has 2 fully saturated rings. The molecule has 5 rings (SSSR count). The Balaban J connectivity index is 1.27. The van der Waals surface area contributed by atoms with Gasteiger partial charge in [-0.2, -0.15) is 5.10 Å². The molecule has 2 aliphatic heterocycles. The van der Waals surface area contributed by atoms with Crippen molar-refractivity contribution in [1.82, 2.24) is 30.1 Å². The first-order chi connectivity index (χ1) is 16.1. The first-order valence-electron chi connectivity index (χ1n) is 10.6. The highest BCUT2D eigenvalue weighted by atomic mass is 16.5. The van der Waals surface area contributed by atoms with Crippen LogP contribution in [-0.2, 0) is 9.53 Å². The van der Waals surface area contributed by atoms with E-state index in [1.54, 1.807) is 29.1 Å². The largest absolute Gasteiger partial charge is 0.492 e. The number of imide groups is 1. The number of nitrogens with one attached hydrogen (secondary N) is 3. The highest BCUT2D eigenvalue weighted by Gasteiger charge is 2.23. The number of nitrogens with zero attached hydrogens (tertiary/aromatic N) is 4. The average Bonchev–Trinajstić information content (AvgIpc) is 3.36. The normalized spacial score (nSPS) is 17.9. The van der Waals surface area contributed by atoms with Gasteiger partial charge in [-0.25, -0.2) is 14.3 Å². The predicted octanol–water partition coefficient (Wildman–Crippen LogP) is 1.36. The minimum Gasteiger partial charge on any atom is -0.492 e. The molecule has 11 heteroatoms. The van der Waals surface area contributed by atoms with Crippen molar-refractivity contribution in [3.8, 4) is 5.75 Å². The molecule has 0 bridgehead atoms.